The Morgan fingerprint density at radius 2 is 1.73 bits per heavy atom. The number of hydrogen-bond acceptors (Lipinski definition) is 6. The lowest BCUT2D eigenvalue weighted by molar-refractivity contribution is -0.122. The van der Waals surface area contributed by atoms with E-state index in [2.05, 4.69) is 30.8 Å². The standard InChI is InChI=1S/C22H23N7O/c1-15-12-16(2)25-22(24-15)26-18(13-17-8-4-3-5-9-17)21(30)23-14-20-28-27-19-10-6-7-11-29(19)20/h3-12,18H,13-14H2,1-2H3,(H,23,30)(H,24,25,26). The summed E-state index contributed by atoms with van der Waals surface area (Å²) < 4.78 is 1.85. The van der Waals surface area contributed by atoms with Crippen molar-refractivity contribution in [1.29, 1.82) is 0 Å². The third-order valence-corrected chi connectivity index (χ3v) is 4.69. The van der Waals surface area contributed by atoms with Crippen LogP contribution in [0, 0.1) is 13.8 Å². The Balaban J connectivity index is 1.52. The van der Waals surface area contributed by atoms with Crippen molar-refractivity contribution >= 4 is 17.5 Å². The van der Waals surface area contributed by atoms with Crippen molar-refractivity contribution in [2.24, 2.45) is 0 Å². The Hall–Kier alpha value is -3.81. The molecule has 0 fully saturated rings. The minimum atomic E-state index is -0.534. The average Bonchev–Trinajstić information content (AvgIpc) is 3.15. The lowest BCUT2D eigenvalue weighted by Gasteiger charge is -2.19. The van der Waals surface area contributed by atoms with Gasteiger partial charge in [-0.3, -0.25) is 9.20 Å². The molecule has 3 aromatic heterocycles. The van der Waals surface area contributed by atoms with Gasteiger partial charge in [-0.25, -0.2) is 9.97 Å². The van der Waals surface area contributed by atoms with Crippen molar-refractivity contribution < 1.29 is 4.79 Å². The first-order valence-electron chi connectivity index (χ1n) is 9.77. The van der Waals surface area contributed by atoms with Crippen molar-refractivity contribution in [3.63, 3.8) is 0 Å². The Labute approximate surface area is 174 Å². The van der Waals surface area contributed by atoms with Crippen molar-refractivity contribution in [1.82, 2.24) is 29.9 Å². The van der Waals surface area contributed by atoms with Crippen LogP contribution in [0.1, 0.15) is 22.8 Å². The maximum atomic E-state index is 13.1. The minimum Gasteiger partial charge on any atom is -0.347 e. The van der Waals surface area contributed by atoms with Gasteiger partial charge in [0, 0.05) is 24.0 Å². The molecule has 0 aliphatic rings. The molecule has 8 heteroatoms. The highest BCUT2D eigenvalue weighted by Gasteiger charge is 2.21. The van der Waals surface area contributed by atoms with Gasteiger partial charge in [0.25, 0.3) is 0 Å². The quantitative estimate of drug-likeness (QED) is 0.494. The van der Waals surface area contributed by atoms with Crippen LogP contribution < -0.4 is 10.6 Å². The first kappa shape index (κ1) is 19.5. The van der Waals surface area contributed by atoms with Crippen molar-refractivity contribution in [2.45, 2.75) is 32.9 Å². The molecule has 30 heavy (non-hydrogen) atoms. The molecule has 1 unspecified atom stereocenters. The van der Waals surface area contributed by atoms with Gasteiger partial charge in [0.1, 0.15) is 6.04 Å². The van der Waals surface area contributed by atoms with Crippen LogP contribution in [-0.4, -0.2) is 36.5 Å². The number of benzene rings is 1. The van der Waals surface area contributed by atoms with Gasteiger partial charge in [-0.1, -0.05) is 36.4 Å². The summed E-state index contributed by atoms with van der Waals surface area (Å²) in [6.45, 7) is 4.08. The van der Waals surface area contributed by atoms with E-state index in [1.54, 1.807) is 0 Å². The summed E-state index contributed by atoms with van der Waals surface area (Å²) in [5, 5.41) is 14.5. The maximum absolute atomic E-state index is 13.1. The predicted molar refractivity (Wildman–Crippen MR) is 114 cm³/mol. The van der Waals surface area contributed by atoms with E-state index >= 15 is 0 Å². The predicted octanol–water partition coefficient (Wildman–Crippen LogP) is 2.48. The highest BCUT2D eigenvalue weighted by Crippen LogP contribution is 2.11. The summed E-state index contributed by atoms with van der Waals surface area (Å²) >= 11 is 0. The van der Waals surface area contributed by atoms with E-state index in [1.807, 2.05) is 79.0 Å². The van der Waals surface area contributed by atoms with E-state index in [1.165, 1.54) is 0 Å². The lowest BCUT2D eigenvalue weighted by Crippen LogP contribution is -2.41. The molecule has 1 aromatic carbocycles. The summed E-state index contributed by atoms with van der Waals surface area (Å²) in [7, 11) is 0. The zero-order valence-electron chi connectivity index (χ0n) is 16.9. The number of anilines is 1. The Bertz CT molecular complexity index is 1140. The molecule has 2 N–H and O–H groups in total. The molecule has 0 bridgehead atoms. The number of rotatable bonds is 7. The molecule has 1 atom stereocenters. The van der Waals surface area contributed by atoms with Crippen LogP contribution in [0.5, 0.6) is 0 Å². The molecule has 0 saturated heterocycles. The van der Waals surface area contributed by atoms with Crippen LogP contribution in [0.15, 0.2) is 60.8 Å². The summed E-state index contributed by atoms with van der Waals surface area (Å²) in [4.78, 5) is 21.9. The minimum absolute atomic E-state index is 0.158. The second kappa shape index (κ2) is 8.69. The van der Waals surface area contributed by atoms with Crippen molar-refractivity contribution in [2.75, 3.05) is 5.32 Å². The molecule has 4 aromatic rings. The van der Waals surface area contributed by atoms with Crippen LogP contribution >= 0.6 is 0 Å². The zero-order chi connectivity index (χ0) is 20.9. The van der Waals surface area contributed by atoms with Gasteiger partial charge in [-0.15, -0.1) is 10.2 Å². The summed E-state index contributed by atoms with van der Waals surface area (Å²) in [5.41, 5.74) is 3.48. The second-order valence-corrected chi connectivity index (χ2v) is 7.12. The number of carbonyl (C=O) groups excluding carboxylic acids is 1. The second-order valence-electron chi connectivity index (χ2n) is 7.12. The SMILES string of the molecule is Cc1cc(C)nc(NC(Cc2ccccc2)C(=O)NCc2nnc3ccccn23)n1. The van der Waals surface area contributed by atoms with Crippen LogP contribution in [0.3, 0.4) is 0 Å². The number of amides is 1. The molecular weight excluding hydrogens is 378 g/mol. The number of aromatic nitrogens is 5. The third-order valence-electron chi connectivity index (χ3n) is 4.69. The molecule has 0 aliphatic heterocycles. The van der Waals surface area contributed by atoms with E-state index in [0.717, 1.165) is 22.6 Å². The van der Waals surface area contributed by atoms with E-state index in [-0.39, 0.29) is 12.5 Å². The Kier molecular flexibility index (Phi) is 5.65. The molecule has 0 spiro atoms. The first-order valence-corrected chi connectivity index (χ1v) is 9.77. The van der Waals surface area contributed by atoms with Gasteiger partial charge in [0.2, 0.25) is 11.9 Å². The van der Waals surface area contributed by atoms with Crippen LogP contribution in [0.25, 0.3) is 5.65 Å². The molecule has 0 saturated carbocycles. The van der Waals surface area contributed by atoms with Gasteiger partial charge >= 0.3 is 0 Å². The van der Waals surface area contributed by atoms with E-state index in [9.17, 15) is 4.79 Å². The Morgan fingerprint density at radius 1 is 1.00 bits per heavy atom. The number of pyridine rings is 1. The van der Waals surface area contributed by atoms with Gasteiger partial charge in [0.05, 0.1) is 6.54 Å². The van der Waals surface area contributed by atoms with E-state index < -0.39 is 6.04 Å². The summed E-state index contributed by atoms with van der Waals surface area (Å²) in [6, 6.07) is 16.9. The number of aryl methyl sites for hydroxylation is 2. The van der Waals surface area contributed by atoms with Gasteiger partial charge in [-0.2, -0.15) is 0 Å². The molecule has 1 amide bonds. The smallest absolute Gasteiger partial charge is 0.243 e. The normalized spacial score (nSPS) is 11.9. The molecule has 0 aliphatic carbocycles. The van der Waals surface area contributed by atoms with Gasteiger partial charge < -0.3 is 10.6 Å². The lowest BCUT2D eigenvalue weighted by atomic mass is 10.1. The van der Waals surface area contributed by atoms with Gasteiger partial charge in [-0.05, 0) is 37.6 Å². The number of fused-ring (bicyclic) bond motifs is 1. The molecule has 152 valence electrons. The summed E-state index contributed by atoms with van der Waals surface area (Å²) in [5.74, 6) is 0.950. The van der Waals surface area contributed by atoms with Gasteiger partial charge in [0.15, 0.2) is 11.5 Å². The number of nitrogens with zero attached hydrogens (tertiary/aromatic N) is 5. The van der Waals surface area contributed by atoms with Crippen molar-refractivity contribution in [3.05, 3.63) is 83.6 Å². The summed E-state index contributed by atoms with van der Waals surface area (Å²) in [6.07, 6.45) is 2.38. The van der Waals surface area contributed by atoms with Crippen molar-refractivity contribution in [3.8, 4) is 0 Å². The number of hydrogen-bond donors (Lipinski definition) is 2. The van der Waals surface area contributed by atoms with Crippen LogP contribution in [0.2, 0.25) is 0 Å². The van der Waals surface area contributed by atoms with E-state index in [4.69, 9.17) is 0 Å². The molecule has 4 rings (SSSR count). The monoisotopic (exact) mass is 401 g/mol. The zero-order valence-corrected chi connectivity index (χ0v) is 16.9. The fourth-order valence-corrected chi connectivity index (χ4v) is 3.31. The first-order chi connectivity index (χ1) is 14.6. The number of nitrogens with one attached hydrogen (secondary N) is 2. The third kappa shape index (κ3) is 4.60. The molecular formula is C22H23N7O. The van der Waals surface area contributed by atoms with Crippen LogP contribution in [-0.2, 0) is 17.8 Å². The average molecular weight is 401 g/mol. The van der Waals surface area contributed by atoms with E-state index in [0.29, 0.717) is 18.2 Å². The highest BCUT2D eigenvalue weighted by molar-refractivity contribution is 5.84. The Morgan fingerprint density at radius 3 is 2.50 bits per heavy atom. The maximum Gasteiger partial charge on any atom is 0.243 e. The molecule has 0 radical (unpaired) electrons. The number of carbonyl (C=O) groups is 1. The fourth-order valence-electron chi connectivity index (χ4n) is 3.31. The molecule has 8 nitrogen and oxygen atoms in total. The topological polar surface area (TPSA) is 97.1 Å². The highest BCUT2D eigenvalue weighted by atomic mass is 16.2. The largest absolute Gasteiger partial charge is 0.347 e. The fraction of sp³-hybridized carbons (Fsp3) is 0.227. The van der Waals surface area contributed by atoms with Crippen LogP contribution in [0.4, 0.5) is 5.95 Å². The molecule has 3 heterocycles.